The lowest BCUT2D eigenvalue weighted by molar-refractivity contribution is 0.0985. The smallest absolute Gasteiger partial charge is 0.258 e. The highest BCUT2D eigenvalue weighted by atomic mass is 32.2. The summed E-state index contributed by atoms with van der Waals surface area (Å²) >= 11 is 0. The molecule has 4 rings (SSSR count). The Hall–Kier alpha value is -2.18. The Bertz CT molecular complexity index is 906. The second kappa shape index (κ2) is 6.28. The predicted molar refractivity (Wildman–Crippen MR) is 96.2 cm³/mol. The minimum absolute atomic E-state index is 0.0479. The number of hydrogen-bond acceptors (Lipinski definition) is 3. The minimum Gasteiger partial charge on any atom is -0.308 e. The van der Waals surface area contributed by atoms with E-state index >= 15 is 0 Å². The van der Waals surface area contributed by atoms with Crippen LogP contribution in [0.4, 0.5) is 5.69 Å². The zero-order chi connectivity index (χ0) is 17.4. The first-order valence-electron chi connectivity index (χ1n) is 8.57. The van der Waals surface area contributed by atoms with Crippen LogP contribution in [0.3, 0.4) is 0 Å². The topological polar surface area (TPSA) is 66.5 Å². The van der Waals surface area contributed by atoms with Crippen molar-refractivity contribution >= 4 is 21.6 Å². The van der Waals surface area contributed by atoms with Crippen molar-refractivity contribution in [1.29, 1.82) is 0 Å². The largest absolute Gasteiger partial charge is 0.308 e. The summed E-state index contributed by atoms with van der Waals surface area (Å²) in [5.74, 6) is -0.0479. The second-order valence-electron chi connectivity index (χ2n) is 6.61. The molecular weight excluding hydrogens is 336 g/mol. The van der Waals surface area contributed by atoms with Crippen molar-refractivity contribution in [1.82, 2.24) is 4.72 Å². The zero-order valence-electron chi connectivity index (χ0n) is 13.8. The molecule has 1 aliphatic heterocycles. The van der Waals surface area contributed by atoms with E-state index in [9.17, 15) is 13.2 Å². The zero-order valence-corrected chi connectivity index (χ0v) is 14.6. The first-order valence-corrected chi connectivity index (χ1v) is 10.0. The van der Waals surface area contributed by atoms with E-state index in [1.54, 1.807) is 35.2 Å². The molecule has 1 amide bonds. The summed E-state index contributed by atoms with van der Waals surface area (Å²) in [7, 11) is -3.47. The summed E-state index contributed by atoms with van der Waals surface area (Å²) in [6, 6.07) is 14.3. The number of hydrogen-bond donors (Lipinski definition) is 1. The third-order valence-corrected chi connectivity index (χ3v) is 6.16. The molecule has 1 saturated carbocycles. The monoisotopic (exact) mass is 356 g/mol. The summed E-state index contributed by atoms with van der Waals surface area (Å²) in [5.41, 5.74) is 2.36. The van der Waals surface area contributed by atoms with Gasteiger partial charge < -0.3 is 4.90 Å². The van der Waals surface area contributed by atoms with Gasteiger partial charge in [-0.05, 0) is 61.6 Å². The number of rotatable bonds is 4. The molecule has 0 saturated heterocycles. The van der Waals surface area contributed by atoms with Crippen molar-refractivity contribution in [2.24, 2.45) is 0 Å². The van der Waals surface area contributed by atoms with E-state index in [0.717, 1.165) is 36.9 Å². The van der Waals surface area contributed by atoms with E-state index < -0.39 is 10.0 Å². The van der Waals surface area contributed by atoms with Gasteiger partial charge in [-0.25, -0.2) is 13.1 Å². The Morgan fingerprint density at radius 1 is 1.08 bits per heavy atom. The molecule has 130 valence electrons. The molecule has 6 heteroatoms. The van der Waals surface area contributed by atoms with E-state index in [1.807, 2.05) is 18.2 Å². The molecule has 0 spiro atoms. The molecule has 1 fully saturated rings. The van der Waals surface area contributed by atoms with Crippen LogP contribution in [0, 0.1) is 0 Å². The van der Waals surface area contributed by atoms with Crippen LogP contribution < -0.4 is 9.62 Å². The summed E-state index contributed by atoms with van der Waals surface area (Å²) in [4.78, 5) is 14.8. The lowest BCUT2D eigenvalue weighted by atomic mass is 10.0. The number of aryl methyl sites for hydroxylation is 1. The lowest BCUT2D eigenvalue weighted by Gasteiger charge is -2.30. The SMILES string of the molecule is O=C(c1ccccc1)N1CCCc2cc(S(=O)(=O)NC3CC3)ccc21. The molecule has 2 aliphatic rings. The van der Waals surface area contributed by atoms with Crippen molar-refractivity contribution in [3.05, 3.63) is 59.7 Å². The molecule has 0 atom stereocenters. The van der Waals surface area contributed by atoms with Gasteiger partial charge in [-0.3, -0.25) is 4.79 Å². The highest BCUT2D eigenvalue weighted by Gasteiger charge is 2.29. The van der Waals surface area contributed by atoms with Crippen LogP contribution in [-0.2, 0) is 16.4 Å². The van der Waals surface area contributed by atoms with Crippen molar-refractivity contribution in [2.75, 3.05) is 11.4 Å². The molecule has 0 aromatic heterocycles. The molecular formula is C19H20N2O3S. The van der Waals surface area contributed by atoms with E-state index in [-0.39, 0.29) is 16.8 Å². The van der Waals surface area contributed by atoms with Gasteiger partial charge in [-0.15, -0.1) is 0 Å². The molecule has 2 aromatic carbocycles. The number of fused-ring (bicyclic) bond motifs is 1. The Balaban J connectivity index is 1.65. The average Bonchev–Trinajstić information content (AvgIpc) is 3.44. The number of anilines is 1. The van der Waals surface area contributed by atoms with Crippen molar-refractivity contribution in [3.8, 4) is 0 Å². The fourth-order valence-corrected chi connectivity index (χ4v) is 4.53. The van der Waals surface area contributed by atoms with Gasteiger partial charge >= 0.3 is 0 Å². The number of sulfonamides is 1. The van der Waals surface area contributed by atoms with Gasteiger partial charge in [-0.1, -0.05) is 18.2 Å². The van der Waals surface area contributed by atoms with Crippen LogP contribution in [0.25, 0.3) is 0 Å². The Morgan fingerprint density at radius 3 is 2.56 bits per heavy atom. The molecule has 1 heterocycles. The van der Waals surface area contributed by atoms with Crippen molar-refractivity contribution in [2.45, 2.75) is 36.6 Å². The second-order valence-corrected chi connectivity index (χ2v) is 8.33. The van der Waals surface area contributed by atoms with E-state index in [4.69, 9.17) is 0 Å². The highest BCUT2D eigenvalue weighted by Crippen LogP contribution is 2.31. The van der Waals surface area contributed by atoms with Crippen LogP contribution in [-0.4, -0.2) is 26.9 Å². The molecule has 2 aromatic rings. The van der Waals surface area contributed by atoms with Crippen LogP contribution in [0.15, 0.2) is 53.4 Å². The molecule has 1 aliphatic carbocycles. The molecule has 5 nitrogen and oxygen atoms in total. The first kappa shape index (κ1) is 16.3. The van der Waals surface area contributed by atoms with Gasteiger partial charge in [0, 0.05) is 23.8 Å². The molecule has 0 unspecified atom stereocenters. The van der Waals surface area contributed by atoms with Crippen LogP contribution in [0.5, 0.6) is 0 Å². The van der Waals surface area contributed by atoms with Crippen LogP contribution in [0.1, 0.15) is 35.2 Å². The summed E-state index contributed by atoms with van der Waals surface area (Å²) in [5, 5.41) is 0. The average molecular weight is 356 g/mol. The Kier molecular flexibility index (Phi) is 4.09. The fourth-order valence-electron chi connectivity index (χ4n) is 3.18. The minimum atomic E-state index is -3.47. The quantitative estimate of drug-likeness (QED) is 0.916. The molecule has 1 N–H and O–H groups in total. The number of nitrogens with one attached hydrogen (secondary N) is 1. The number of amides is 1. The van der Waals surface area contributed by atoms with E-state index in [2.05, 4.69) is 4.72 Å². The summed E-state index contributed by atoms with van der Waals surface area (Å²) in [6.07, 6.45) is 3.42. The van der Waals surface area contributed by atoms with Gasteiger partial charge in [0.15, 0.2) is 0 Å². The number of carbonyl (C=O) groups excluding carboxylic acids is 1. The first-order chi connectivity index (χ1) is 12.0. The normalized spacial score (nSPS) is 17.2. The Morgan fingerprint density at radius 2 is 1.84 bits per heavy atom. The van der Waals surface area contributed by atoms with Gasteiger partial charge in [0.25, 0.3) is 5.91 Å². The van der Waals surface area contributed by atoms with Crippen LogP contribution >= 0.6 is 0 Å². The van der Waals surface area contributed by atoms with Gasteiger partial charge in [0.1, 0.15) is 0 Å². The maximum atomic E-state index is 12.8. The molecule has 0 radical (unpaired) electrons. The third-order valence-electron chi connectivity index (χ3n) is 4.64. The maximum absolute atomic E-state index is 12.8. The van der Waals surface area contributed by atoms with Gasteiger partial charge in [0.05, 0.1) is 4.90 Å². The lowest BCUT2D eigenvalue weighted by Crippen LogP contribution is -2.35. The number of benzene rings is 2. The number of nitrogens with zero attached hydrogens (tertiary/aromatic N) is 1. The van der Waals surface area contributed by atoms with Crippen LogP contribution in [0.2, 0.25) is 0 Å². The molecule has 0 bridgehead atoms. The highest BCUT2D eigenvalue weighted by molar-refractivity contribution is 7.89. The van der Waals surface area contributed by atoms with Crippen molar-refractivity contribution < 1.29 is 13.2 Å². The van der Waals surface area contributed by atoms with Gasteiger partial charge in [0.2, 0.25) is 10.0 Å². The van der Waals surface area contributed by atoms with Gasteiger partial charge in [-0.2, -0.15) is 0 Å². The van der Waals surface area contributed by atoms with Crippen molar-refractivity contribution in [3.63, 3.8) is 0 Å². The summed E-state index contributed by atoms with van der Waals surface area (Å²) in [6.45, 7) is 0.646. The standard InChI is InChI=1S/C19H20N2O3S/c22-19(14-5-2-1-3-6-14)21-12-4-7-15-13-17(10-11-18(15)21)25(23,24)20-16-8-9-16/h1-3,5-6,10-11,13,16,20H,4,7-9,12H2. The van der Waals surface area contributed by atoms with E-state index in [0.29, 0.717) is 12.1 Å². The predicted octanol–water partition coefficient (Wildman–Crippen LogP) is 2.72. The number of carbonyl (C=O) groups is 1. The fraction of sp³-hybridized carbons (Fsp3) is 0.316. The van der Waals surface area contributed by atoms with E-state index in [1.165, 1.54) is 0 Å². The summed E-state index contributed by atoms with van der Waals surface area (Å²) < 4.78 is 27.5. The third kappa shape index (κ3) is 3.32. The Labute approximate surface area is 147 Å². The maximum Gasteiger partial charge on any atom is 0.258 e. The molecule has 25 heavy (non-hydrogen) atoms.